The molecule has 0 rings (SSSR count). The van der Waals surface area contributed by atoms with Crippen molar-refractivity contribution < 1.29 is 39.0 Å². The Morgan fingerprint density at radius 3 is 1.83 bits per heavy atom. The maximum atomic E-state index is 12.9. The average Bonchev–Trinajstić information content (AvgIpc) is 2.74. The monoisotopic (exact) mass is 502 g/mol. The van der Waals surface area contributed by atoms with Gasteiger partial charge in [-0.2, -0.15) is 0 Å². The second kappa shape index (κ2) is 16.4. The van der Waals surface area contributed by atoms with Crippen LogP contribution in [0, 0.1) is 5.92 Å². The summed E-state index contributed by atoms with van der Waals surface area (Å²) in [5.41, 5.74) is 16.1. The summed E-state index contributed by atoms with van der Waals surface area (Å²) in [5.74, 6) is -5.86. The summed E-state index contributed by atoms with van der Waals surface area (Å²) in [6.45, 7) is 3.91. The zero-order valence-corrected chi connectivity index (χ0v) is 20.1. The van der Waals surface area contributed by atoms with E-state index in [9.17, 15) is 33.9 Å². The van der Waals surface area contributed by atoms with E-state index in [1.165, 1.54) is 0 Å². The van der Waals surface area contributed by atoms with Crippen LogP contribution in [0.3, 0.4) is 0 Å². The van der Waals surface area contributed by atoms with Crippen molar-refractivity contribution in [1.82, 2.24) is 16.0 Å². The molecule has 0 aromatic heterocycles. The van der Waals surface area contributed by atoms with E-state index in [0.717, 1.165) is 0 Å². The van der Waals surface area contributed by atoms with Crippen LogP contribution in [0.4, 0.5) is 0 Å². The molecule has 0 spiro atoms. The predicted octanol–water partition coefficient (Wildman–Crippen LogP) is -2.23. The van der Waals surface area contributed by atoms with Crippen molar-refractivity contribution in [2.45, 2.75) is 83.0 Å². The third-order valence-corrected chi connectivity index (χ3v) is 4.94. The van der Waals surface area contributed by atoms with Crippen LogP contribution in [0.2, 0.25) is 0 Å². The number of carboxylic acid groups (broad SMARTS) is 2. The second-order valence-corrected chi connectivity index (χ2v) is 8.65. The molecule has 0 aliphatic rings. The number of primary amides is 1. The Morgan fingerprint density at radius 2 is 1.34 bits per heavy atom. The third-order valence-electron chi connectivity index (χ3n) is 4.94. The van der Waals surface area contributed by atoms with Gasteiger partial charge < -0.3 is 43.4 Å². The van der Waals surface area contributed by atoms with Crippen LogP contribution >= 0.6 is 0 Å². The first-order chi connectivity index (χ1) is 16.3. The van der Waals surface area contributed by atoms with E-state index in [4.69, 9.17) is 22.3 Å². The number of nitrogens with one attached hydrogen (secondary N) is 3. The van der Waals surface area contributed by atoms with Gasteiger partial charge in [0.2, 0.25) is 23.6 Å². The maximum absolute atomic E-state index is 12.9. The molecular formula is C21H38N6O8. The molecular weight excluding hydrogens is 464 g/mol. The smallest absolute Gasteiger partial charge is 0.326 e. The minimum absolute atomic E-state index is 0.0800. The minimum Gasteiger partial charge on any atom is -0.481 e. The fraction of sp³-hybridized carbons (Fsp3) is 0.714. The quantitative estimate of drug-likeness (QED) is 0.0935. The first kappa shape index (κ1) is 31.7. The summed E-state index contributed by atoms with van der Waals surface area (Å²) >= 11 is 0. The molecule has 0 bridgehead atoms. The van der Waals surface area contributed by atoms with Crippen molar-refractivity contribution in [2.24, 2.45) is 23.1 Å². The molecule has 0 aromatic rings. The molecule has 200 valence electrons. The number of carboxylic acids is 2. The number of carbonyl (C=O) groups excluding carboxylic acids is 4. The van der Waals surface area contributed by atoms with Crippen LogP contribution in [-0.2, 0) is 28.8 Å². The van der Waals surface area contributed by atoms with Gasteiger partial charge in [-0.25, -0.2) is 4.79 Å². The summed E-state index contributed by atoms with van der Waals surface area (Å²) in [6.07, 6.45) is -0.000342. The molecule has 0 saturated carbocycles. The van der Waals surface area contributed by atoms with E-state index in [-0.39, 0.29) is 25.2 Å². The fourth-order valence-corrected chi connectivity index (χ4v) is 3.12. The van der Waals surface area contributed by atoms with Crippen molar-refractivity contribution >= 4 is 35.6 Å². The first-order valence-corrected chi connectivity index (χ1v) is 11.4. The lowest BCUT2D eigenvalue weighted by Gasteiger charge is -2.25. The van der Waals surface area contributed by atoms with Crippen molar-refractivity contribution in [3.05, 3.63) is 0 Å². The van der Waals surface area contributed by atoms with Gasteiger partial charge in [0.05, 0.1) is 12.5 Å². The summed E-state index contributed by atoms with van der Waals surface area (Å²) in [7, 11) is 0. The van der Waals surface area contributed by atoms with E-state index in [0.29, 0.717) is 19.4 Å². The second-order valence-electron chi connectivity index (χ2n) is 8.65. The van der Waals surface area contributed by atoms with Crippen LogP contribution in [0.25, 0.3) is 0 Å². The van der Waals surface area contributed by atoms with Gasteiger partial charge >= 0.3 is 11.9 Å². The predicted molar refractivity (Wildman–Crippen MR) is 124 cm³/mol. The number of hydrogen-bond acceptors (Lipinski definition) is 8. The van der Waals surface area contributed by atoms with Crippen LogP contribution < -0.4 is 33.2 Å². The Kier molecular flexibility index (Phi) is 14.9. The zero-order valence-electron chi connectivity index (χ0n) is 20.1. The van der Waals surface area contributed by atoms with Crippen LogP contribution in [-0.4, -0.2) is 76.5 Å². The highest BCUT2D eigenvalue weighted by Crippen LogP contribution is 2.09. The van der Waals surface area contributed by atoms with Crippen molar-refractivity contribution in [2.75, 3.05) is 6.54 Å². The van der Waals surface area contributed by atoms with Crippen molar-refractivity contribution in [1.29, 1.82) is 0 Å². The number of aliphatic carboxylic acids is 2. The highest BCUT2D eigenvalue weighted by atomic mass is 16.4. The lowest BCUT2D eigenvalue weighted by Crippen LogP contribution is -2.57. The van der Waals surface area contributed by atoms with Gasteiger partial charge in [0.1, 0.15) is 18.1 Å². The maximum Gasteiger partial charge on any atom is 0.326 e. The number of hydrogen-bond donors (Lipinski definition) is 8. The third kappa shape index (κ3) is 13.9. The summed E-state index contributed by atoms with van der Waals surface area (Å²) in [4.78, 5) is 71.6. The Hall–Kier alpha value is -3.26. The zero-order chi connectivity index (χ0) is 27.1. The Labute approximate surface area is 203 Å². The Bertz CT molecular complexity index is 760. The van der Waals surface area contributed by atoms with Gasteiger partial charge in [0, 0.05) is 6.42 Å². The topological polar surface area (TPSA) is 257 Å². The fourth-order valence-electron chi connectivity index (χ4n) is 3.12. The van der Waals surface area contributed by atoms with E-state index < -0.39 is 72.6 Å². The van der Waals surface area contributed by atoms with Gasteiger partial charge in [-0.05, 0) is 44.6 Å². The van der Waals surface area contributed by atoms with Gasteiger partial charge in [-0.3, -0.25) is 24.0 Å². The number of carbonyl (C=O) groups is 6. The molecule has 0 fully saturated rings. The van der Waals surface area contributed by atoms with Crippen LogP contribution in [0.5, 0.6) is 0 Å². The average molecular weight is 503 g/mol. The van der Waals surface area contributed by atoms with E-state index >= 15 is 0 Å². The lowest BCUT2D eigenvalue weighted by atomic mass is 10.0. The van der Waals surface area contributed by atoms with Gasteiger partial charge in [-0.1, -0.05) is 13.8 Å². The summed E-state index contributed by atoms with van der Waals surface area (Å²) in [6, 6.07) is -5.07. The number of nitrogens with two attached hydrogens (primary N) is 3. The van der Waals surface area contributed by atoms with E-state index in [1.54, 1.807) is 13.8 Å². The van der Waals surface area contributed by atoms with Crippen LogP contribution in [0.1, 0.15) is 58.8 Å². The molecule has 35 heavy (non-hydrogen) atoms. The largest absolute Gasteiger partial charge is 0.481 e. The first-order valence-electron chi connectivity index (χ1n) is 11.4. The molecule has 0 aromatic carbocycles. The molecule has 4 atom stereocenters. The molecule has 4 unspecified atom stereocenters. The highest BCUT2D eigenvalue weighted by Gasteiger charge is 2.31. The molecule has 4 amide bonds. The lowest BCUT2D eigenvalue weighted by molar-refractivity contribution is -0.143. The van der Waals surface area contributed by atoms with Gasteiger partial charge in [-0.15, -0.1) is 0 Å². The molecule has 14 heteroatoms. The number of rotatable bonds is 18. The Balaban J connectivity index is 5.54. The highest BCUT2D eigenvalue weighted by molar-refractivity contribution is 5.95. The minimum atomic E-state index is -1.37. The molecule has 0 aliphatic carbocycles. The summed E-state index contributed by atoms with van der Waals surface area (Å²) in [5, 5.41) is 25.5. The molecule has 0 aliphatic heterocycles. The van der Waals surface area contributed by atoms with Crippen molar-refractivity contribution in [3.8, 4) is 0 Å². The van der Waals surface area contributed by atoms with Crippen LogP contribution in [0.15, 0.2) is 0 Å². The van der Waals surface area contributed by atoms with E-state index in [1.807, 2.05) is 0 Å². The molecule has 0 heterocycles. The Morgan fingerprint density at radius 1 is 0.800 bits per heavy atom. The molecule has 14 nitrogen and oxygen atoms in total. The van der Waals surface area contributed by atoms with Crippen molar-refractivity contribution in [3.63, 3.8) is 0 Å². The molecule has 11 N–H and O–H groups in total. The van der Waals surface area contributed by atoms with Gasteiger partial charge in [0.15, 0.2) is 0 Å². The summed E-state index contributed by atoms with van der Waals surface area (Å²) < 4.78 is 0. The number of unbranched alkanes of at least 4 members (excludes halogenated alkanes) is 1. The molecule has 0 saturated heterocycles. The normalized spacial score (nSPS) is 14.3. The number of amides is 4. The molecule has 0 radical (unpaired) electrons. The van der Waals surface area contributed by atoms with Gasteiger partial charge in [0.25, 0.3) is 0 Å². The SMILES string of the molecule is CC(C)CC(NC(=O)C(N)CC(N)=O)C(=O)NC(CCC(=O)O)C(=O)NC(CCCCN)C(=O)O. The van der Waals surface area contributed by atoms with E-state index in [2.05, 4.69) is 16.0 Å². The standard InChI is InChI=1S/C21H38N6O8/c1-11(2)9-15(27-18(31)12(23)10-16(24)28)20(33)25-13(6-7-17(29)30)19(32)26-14(21(34)35)5-3-4-8-22/h11-15H,3-10,22-23H2,1-2H3,(H2,24,28)(H,25,33)(H,26,32)(H,27,31)(H,29,30)(H,34,35).